The summed E-state index contributed by atoms with van der Waals surface area (Å²) in [5.74, 6) is -0.595. The standard InChI is InChI=1S/C14H14N2O6S/c1-21-11-4-2-3-5-12(11)23(19,20)16-7-6-10-9(8-16)13(14(17)18)15-22-10/h2-5H,6-8H2,1H3,(H,17,18). The van der Waals surface area contributed by atoms with E-state index in [0.29, 0.717) is 11.3 Å². The van der Waals surface area contributed by atoms with Crippen molar-refractivity contribution in [3.05, 3.63) is 41.3 Å². The molecule has 1 aliphatic heterocycles. The molecule has 0 spiro atoms. The van der Waals surface area contributed by atoms with Gasteiger partial charge in [0.2, 0.25) is 10.0 Å². The summed E-state index contributed by atoms with van der Waals surface area (Å²) in [4.78, 5) is 11.2. The molecule has 0 saturated heterocycles. The lowest BCUT2D eigenvalue weighted by atomic mass is 10.1. The Labute approximate surface area is 132 Å². The van der Waals surface area contributed by atoms with Gasteiger partial charge in [0.15, 0.2) is 5.69 Å². The number of para-hydroxylation sites is 1. The second-order valence-electron chi connectivity index (χ2n) is 4.98. The lowest BCUT2D eigenvalue weighted by Crippen LogP contribution is -2.36. The highest BCUT2D eigenvalue weighted by Gasteiger charge is 2.35. The van der Waals surface area contributed by atoms with Crippen LogP contribution in [-0.4, -0.2) is 42.6 Å². The van der Waals surface area contributed by atoms with E-state index in [1.807, 2.05) is 0 Å². The lowest BCUT2D eigenvalue weighted by Gasteiger charge is -2.25. The van der Waals surface area contributed by atoms with Gasteiger partial charge in [0.25, 0.3) is 0 Å². The van der Waals surface area contributed by atoms with E-state index in [9.17, 15) is 13.2 Å². The molecule has 8 nitrogen and oxygen atoms in total. The van der Waals surface area contributed by atoms with E-state index in [1.165, 1.54) is 17.5 Å². The minimum Gasteiger partial charge on any atom is -0.495 e. The molecule has 0 aliphatic carbocycles. The van der Waals surface area contributed by atoms with Gasteiger partial charge in [0.1, 0.15) is 16.4 Å². The molecule has 9 heteroatoms. The minimum atomic E-state index is -3.82. The molecule has 0 amide bonds. The Morgan fingerprint density at radius 1 is 1.39 bits per heavy atom. The molecule has 1 aromatic carbocycles. The molecule has 0 radical (unpaired) electrons. The maximum absolute atomic E-state index is 12.8. The quantitative estimate of drug-likeness (QED) is 0.889. The molecule has 0 unspecified atom stereocenters. The van der Waals surface area contributed by atoms with Gasteiger partial charge in [-0.15, -0.1) is 0 Å². The smallest absolute Gasteiger partial charge is 0.358 e. The largest absolute Gasteiger partial charge is 0.495 e. The third-order valence-corrected chi connectivity index (χ3v) is 5.57. The molecule has 1 aliphatic rings. The Morgan fingerprint density at radius 2 is 2.13 bits per heavy atom. The van der Waals surface area contributed by atoms with Gasteiger partial charge in [-0.05, 0) is 12.1 Å². The second-order valence-corrected chi connectivity index (χ2v) is 6.88. The Hall–Kier alpha value is -2.39. The summed E-state index contributed by atoms with van der Waals surface area (Å²) in [5, 5.41) is 12.6. The van der Waals surface area contributed by atoms with Crippen molar-refractivity contribution in [1.29, 1.82) is 0 Å². The number of ether oxygens (including phenoxy) is 1. The maximum Gasteiger partial charge on any atom is 0.358 e. The van der Waals surface area contributed by atoms with E-state index in [-0.39, 0.29) is 35.8 Å². The van der Waals surface area contributed by atoms with Gasteiger partial charge in [0, 0.05) is 25.1 Å². The van der Waals surface area contributed by atoms with Crippen LogP contribution in [0.25, 0.3) is 0 Å². The molecular formula is C14H14N2O6S. The first-order chi connectivity index (χ1) is 10.9. The third-order valence-electron chi connectivity index (χ3n) is 3.68. The van der Waals surface area contributed by atoms with Gasteiger partial charge in [0.05, 0.1) is 7.11 Å². The van der Waals surface area contributed by atoms with E-state index in [0.717, 1.165) is 0 Å². The van der Waals surface area contributed by atoms with Crippen LogP contribution in [0.2, 0.25) is 0 Å². The van der Waals surface area contributed by atoms with Crippen molar-refractivity contribution in [2.45, 2.75) is 17.9 Å². The van der Waals surface area contributed by atoms with Crippen LogP contribution >= 0.6 is 0 Å². The number of nitrogens with zero attached hydrogens (tertiary/aromatic N) is 2. The number of carbonyl (C=O) groups is 1. The van der Waals surface area contributed by atoms with Crippen molar-refractivity contribution >= 4 is 16.0 Å². The predicted molar refractivity (Wildman–Crippen MR) is 77.8 cm³/mol. The number of aromatic nitrogens is 1. The van der Waals surface area contributed by atoms with Gasteiger partial charge >= 0.3 is 5.97 Å². The van der Waals surface area contributed by atoms with Gasteiger partial charge in [-0.25, -0.2) is 13.2 Å². The van der Waals surface area contributed by atoms with Gasteiger partial charge in [-0.1, -0.05) is 17.3 Å². The summed E-state index contributed by atoms with van der Waals surface area (Å²) >= 11 is 0. The molecule has 0 fully saturated rings. The van der Waals surface area contributed by atoms with Crippen LogP contribution in [0.1, 0.15) is 21.8 Å². The van der Waals surface area contributed by atoms with Crippen LogP contribution in [0.5, 0.6) is 5.75 Å². The van der Waals surface area contributed by atoms with E-state index >= 15 is 0 Å². The molecular weight excluding hydrogens is 324 g/mol. The van der Waals surface area contributed by atoms with Crippen molar-refractivity contribution in [1.82, 2.24) is 9.46 Å². The first-order valence-corrected chi connectivity index (χ1v) is 8.23. The van der Waals surface area contributed by atoms with E-state index in [2.05, 4.69) is 5.16 Å². The highest BCUT2D eigenvalue weighted by atomic mass is 32.2. The molecule has 0 bridgehead atoms. The van der Waals surface area contributed by atoms with Crippen LogP contribution in [-0.2, 0) is 23.0 Å². The van der Waals surface area contributed by atoms with Crippen LogP contribution in [0.3, 0.4) is 0 Å². The molecule has 2 aromatic rings. The van der Waals surface area contributed by atoms with Crippen LogP contribution < -0.4 is 4.74 Å². The lowest BCUT2D eigenvalue weighted by molar-refractivity contribution is 0.0684. The number of sulfonamides is 1. The number of benzene rings is 1. The van der Waals surface area contributed by atoms with Crippen molar-refractivity contribution in [2.75, 3.05) is 13.7 Å². The van der Waals surface area contributed by atoms with Crippen LogP contribution in [0.15, 0.2) is 33.7 Å². The summed E-state index contributed by atoms with van der Waals surface area (Å²) in [6.07, 6.45) is 0.268. The maximum atomic E-state index is 12.8. The number of hydrogen-bond acceptors (Lipinski definition) is 6. The fourth-order valence-electron chi connectivity index (χ4n) is 2.53. The molecule has 0 saturated carbocycles. The molecule has 23 heavy (non-hydrogen) atoms. The summed E-state index contributed by atoms with van der Waals surface area (Å²) < 4.78 is 37.0. The van der Waals surface area contributed by atoms with Crippen molar-refractivity contribution < 1.29 is 27.6 Å². The summed E-state index contributed by atoms with van der Waals surface area (Å²) in [6, 6.07) is 6.29. The number of methoxy groups -OCH3 is 1. The SMILES string of the molecule is COc1ccccc1S(=O)(=O)N1CCc2onc(C(=O)O)c2C1. The monoisotopic (exact) mass is 338 g/mol. The predicted octanol–water partition coefficient (Wildman–Crippen LogP) is 1.13. The van der Waals surface area contributed by atoms with Gasteiger partial charge < -0.3 is 14.4 Å². The molecule has 122 valence electrons. The second kappa shape index (κ2) is 5.67. The average Bonchev–Trinajstić information content (AvgIpc) is 2.98. The highest BCUT2D eigenvalue weighted by Crippen LogP contribution is 2.31. The summed E-state index contributed by atoms with van der Waals surface area (Å²) in [5.41, 5.74) is 0.0437. The highest BCUT2D eigenvalue weighted by molar-refractivity contribution is 7.89. The Morgan fingerprint density at radius 3 is 2.83 bits per heavy atom. The number of carboxylic acids is 1. The van der Waals surface area contributed by atoms with Gasteiger partial charge in [-0.3, -0.25) is 0 Å². The Balaban J connectivity index is 1.99. The summed E-state index contributed by atoms with van der Waals surface area (Å²) in [7, 11) is -2.43. The van der Waals surface area contributed by atoms with Gasteiger partial charge in [-0.2, -0.15) is 4.31 Å². The zero-order valence-electron chi connectivity index (χ0n) is 12.2. The molecule has 2 heterocycles. The van der Waals surface area contributed by atoms with E-state index in [1.54, 1.807) is 18.2 Å². The molecule has 1 N–H and O–H groups in total. The molecule has 1 aromatic heterocycles. The summed E-state index contributed by atoms with van der Waals surface area (Å²) in [6.45, 7) is 0.0858. The fraction of sp³-hybridized carbons (Fsp3) is 0.286. The zero-order chi connectivity index (χ0) is 16.6. The van der Waals surface area contributed by atoms with Crippen LogP contribution in [0.4, 0.5) is 0 Å². The zero-order valence-corrected chi connectivity index (χ0v) is 13.0. The fourth-order valence-corrected chi connectivity index (χ4v) is 4.09. The molecule has 3 rings (SSSR count). The third kappa shape index (κ3) is 2.57. The van der Waals surface area contributed by atoms with E-state index < -0.39 is 16.0 Å². The Bertz CT molecular complexity index is 858. The number of aromatic carboxylic acids is 1. The number of fused-ring (bicyclic) bond motifs is 1. The van der Waals surface area contributed by atoms with Crippen molar-refractivity contribution in [2.24, 2.45) is 0 Å². The van der Waals surface area contributed by atoms with Crippen LogP contribution in [0, 0.1) is 0 Å². The minimum absolute atomic E-state index is 0.0410. The van der Waals surface area contributed by atoms with Crippen molar-refractivity contribution in [3.8, 4) is 5.75 Å². The average molecular weight is 338 g/mol. The number of hydrogen-bond donors (Lipinski definition) is 1. The topological polar surface area (TPSA) is 110 Å². The number of rotatable bonds is 4. The number of carboxylic acid groups (broad SMARTS) is 1. The van der Waals surface area contributed by atoms with Crippen molar-refractivity contribution in [3.63, 3.8) is 0 Å². The molecule has 0 atom stereocenters. The normalized spacial score (nSPS) is 15.2. The Kier molecular flexibility index (Phi) is 3.82. The first-order valence-electron chi connectivity index (χ1n) is 6.79. The van der Waals surface area contributed by atoms with E-state index in [4.69, 9.17) is 14.4 Å². The first kappa shape index (κ1) is 15.5.